The second-order valence-electron chi connectivity index (χ2n) is 4.62. The summed E-state index contributed by atoms with van der Waals surface area (Å²) in [6, 6.07) is 7.32. The molecule has 5 heteroatoms. The highest BCUT2D eigenvalue weighted by atomic mass is 16.2. The van der Waals surface area contributed by atoms with Crippen molar-refractivity contribution in [3.63, 3.8) is 0 Å². The zero-order valence-corrected chi connectivity index (χ0v) is 11.9. The van der Waals surface area contributed by atoms with E-state index in [1.165, 1.54) is 6.92 Å². The van der Waals surface area contributed by atoms with Crippen LogP contribution in [0.4, 0.5) is 0 Å². The third-order valence-corrected chi connectivity index (χ3v) is 2.83. The molecule has 1 aromatic carbocycles. The lowest BCUT2D eigenvalue weighted by Crippen LogP contribution is -2.34. The number of carbonyl (C=O) groups is 3. The fourth-order valence-corrected chi connectivity index (χ4v) is 1.68. The Bertz CT molecular complexity index is 498. The number of amides is 2. The van der Waals surface area contributed by atoms with E-state index in [-0.39, 0.29) is 30.4 Å². The van der Waals surface area contributed by atoms with Gasteiger partial charge in [-0.1, -0.05) is 18.2 Å². The van der Waals surface area contributed by atoms with Crippen molar-refractivity contribution in [3.05, 3.63) is 35.4 Å². The Kier molecular flexibility index (Phi) is 6.43. The van der Waals surface area contributed by atoms with Gasteiger partial charge < -0.3 is 15.4 Å². The number of hydrogen-bond donors (Lipinski definition) is 2. The monoisotopic (exact) mass is 276 g/mol. The molecule has 0 unspecified atom stereocenters. The molecule has 0 aliphatic carbocycles. The van der Waals surface area contributed by atoms with Crippen molar-refractivity contribution in [2.75, 3.05) is 13.1 Å². The van der Waals surface area contributed by atoms with E-state index in [0.717, 1.165) is 5.56 Å². The molecule has 0 heterocycles. The zero-order valence-electron chi connectivity index (χ0n) is 11.9. The molecule has 0 radical (unpaired) electrons. The first-order chi connectivity index (χ1) is 9.50. The van der Waals surface area contributed by atoms with Crippen LogP contribution in [0.25, 0.3) is 0 Å². The molecule has 0 saturated carbocycles. The Labute approximate surface area is 118 Å². The largest absolute Gasteiger partial charge is 0.354 e. The first-order valence-electron chi connectivity index (χ1n) is 6.60. The SMILES string of the molecule is CC(=O)CCC(=O)NCCNC(=O)c1ccccc1C. The third kappa shape index (κ3) is 5.65. The van der Waals surface area contributed by atoms with Crippen molar-refractivity contribution < 1.29 is 14.4 Å². The van der Waals surface area contributed by atoms with Crippen LogP contribution in [0, 0.1) is 6.92 Å². The Morgan fingerprint density at radius 1 is 1.00 bits per heavy atom. The number of Topliss-reactive ketones (excluding diaryl/α,β-unsaturated/α-hetero) is 1. The van der Waals surface area contributed by atoms with Gasteiger partial charge in [0, 0.05) is 31.5 Å². The van der Waals surface area contributed by atoms with E-state index < -0.39 is 0 Å². The van der Waals surface area contributed by atoms with Gasteiger partial charge in [0.25, 0.3) is 5.91 Å². The maximum atomic E-state index is 11.9. The van der Waals surface area contributed by atoms with Crippen LogP contribution in [-0.2, 0) is 9.59 Å². The van der Waals surface area contributed by atoms with Crippen LogP contribution >= 0.6 is 0 Å². The van der Waals surface area contributed by atoms with Gasteiger partial charge in [-0.25, -0.2) is 0 Å². The lowest BCUT2D eigenvalue weighted by molar-refractivity contribution is -0.124. The van der Waals surface area contributed by atoms with E-state index >= 15 is 0 Å². The maximum Gasteiger partial charge on any atom is 0.251 e. The summed E-state index contributed by atoms with van der Waals surface area (Å²) >= 11 is 0. The molecule has 2 N–H and O–H groups in total. The summed E-state index contributed by atoms with van der Waals surface area (Å²) < 4.78 is 0. The summed E-state index contributed by atoms with van der Waals surface area (Å²) in [5, 5.41) is 5.39. The van der Waals surface area contributed by atoms with E-state index in [0.29, 0.717) is 18.7 Å². The van der Waals surface area contributed by atoms with Crippen molar-refractivity contribution in [2.24, 2.45) is 0 Å². The fourth-order valence-electron chi connectivity index (χ4n) is 1.68. The average Bonchev–Trinajstić information content (AvgIpc) is 2.41. The summed E-state index contributed by atoms with van der Waals surface area (Å²) in [6.07, 6.45) is 0.447. The van der Waals surface area contributed by atoms with Crippen LogP contribution in [0.3, 0.4) is 0 Å². The Balaban J connectivity index is 2.25. The van der Waals surface area contributed by atoms with Crippen LogP contribution in [0.2, 0.25) is 0 Å². The first-order valence-corrected chi connectivity index (χ1v) is 6.60. The molecule has 0 saturated heterocycles. The van der Waals surface area contributed by atoms with Gasteiger partial charge in [0.05, 0.1) is 0 Å². The molecule has 0 aromatic heterocycles. The number of carbonyl (C=O) groups excluding carboxylic acids is 3. The molecule has 0 aliphatic heterocycles. The molecular weight excluding hydrogens is 256 g/mol. The second kappa shape index (κ2) is 8.09. The number of nitrogens with one attached hydrogen (secondary N) is 2. The van der Waals surface area contributed by atoms with E-state index in [1.807, 2.05) is 25.1 Å². The normalized spacial score (nSPS) is 9.90. The van der Waals surface area contributed by atoms with Crippen LogP contribution in [0.5, 0.6) is 0 Å². The van der Waals surface area contributed by atoms with E-state index in [2.05, 4.69) is 10.6 Å². The van der Waals surface area contributed by atoms with Crippen molar-refractivity contribution in [2.45, 2.75) is 26.7 Å². The van der Waals surface area contributed by atoms with Crippen LogP contribution < -0.4 is 10.6 Å². The Hall–Kier alpha value is -2.17. The molecule has 0 spiro atoms. The predicted molar refractivity (Wildman–Crippen MR) is 76.4 cm³/mol. The lowest BCUT2D eigenvalue weighted by atomic mass is 10.1. The Morgan fingerprint density at radius 2 is 1.65 bits per heavy atom. The second-order valence-corrected chi connectivity index (χ2v) is 4.62. The van der Waals surface area contributed by atoms with Gasteiger partial charge in [0.2, 0.25) is 5.91 Å². The standard InChI is InChI=1S/C15H20N2O3/c1-11-5-3-4-6-13(11)15(20)17-10-9-16-14(19)8-7-12(2)18/h3-6H,7-10H2,1-2H3,(H,16,19)(H,17,20). The minimum absolute atomic E-state index is 0.00648. The number of rotatable bonds is 7. The number of ketones is 1. The molecule has 0 bridgehead atoms. The summed E-state index contributed by atoms with van der Waals surface area (Å²) in [7, 11) is 0. The quantitative estimate of drug-likeness (QED) is 0.735. The molecular formula is C15H20N2O3. The summed E-state index contributed by atoms with van der Waals surface area (Å²) in [6.45, 7) is 4.04. The predicted octanol–water partition coefficient (Wildman–Crippen LogP) is 1.21. The molecule has 0 fully saturated rings. The molecule has 2 amide bonds. The number of aryl methyl sites for hydroxylation is 1. The van der Waals surface area contributed by atoms with Crippen LogP contribution in [0.1, 0.15) is 35.7 Å². The molecule has 1 rings (SSSR count). The van der Waals surface area contributed by atoms with Crippen molar-refractivity contribution >= 4 is 17.6 Å². The molecule has 0 aliphatic rings. The zero-order chi connectivity index (χ0) is 15.0. The molecule has 20 heavy (non-hydrogen) atoms. The van der Waals surface area contributed by atoms with Crippen molar-refractivity contribution in [1.29, 1.82) is 0 Å². The van der Waals surface area contributed by atoms with Gasteiger partial charge in [-0.2, -0.15) is 0 Å². The average molecular weight is 276 g/mol. The van der Waals surface area contributed by atoms with E-state index in [4.69, 9.17) is 0 Å². The number of benzene rings is 1. The Morgan fingerprint density at radius 3 is 2.30 bits per heavy atom. The van der Waals surface area contributed by atoms with Gasteiger partial charge in [-0.3, -0.25) is 9.59 Å². The van der Waals surface area contributed by atoms with E-state index in [9.17, 15) is 14.4 Å². The van der Waals surface area contributed by atoms with Crippen molar-refractivity contribution in [3.8, 4) is 0 Å². The molecule has 0 atom stereocenters. The smallest absolute Gasteiger partial charge is 0.251 e. The van der Waals surface area contributed by atoms with E-state index in [1.54, 1.807) is 6.07 Å². The van der Waals surface area contributed by atoms with Gasteiger partial charge in [0.1, 0.15) is 5.78 Å². The van der Waals surface area contributed by atoms with Crippen LogP contribution in [0.15, 0.2) is 24.3 Å². The van der Waals surface area contributed by atoms with Gasteiger partial charge >= 0.3 is 0 Å². The van der Waals surface area contributed by atoms with Crippen LogP contribution in [-0.4, -0.2) is 30.7 Å². The third-order valence-electron chi connectivity index (χ3n) is 2.83. The minimum Gasteiger partial charge on any atom is -0.354 e. The van der Waals surface area contributed by atoms with Gasteiger partial charge in [-0.15, -0.1) is 0 Å². The fraction of sp³-hybridized carbons (Fsp3) is 0.400. The highest BCUT2D eigenvalue weighted by Crippen LogP contribution is 2.05. The summed E-state index contributed by atoms with van der Waals surface area (Å²) in [4.78, 5) is 33.9. The molecule has 108 valence electrons. The van der Waals surface area contributed by atoms with Crippen molar-refractivity contribution in [1.82, 2.24) is 10.6 Å². The minimum atomic E-state index is -0.176. The summed E-state index contributed by atoms with van der Waals surface area (Å²) in [5.74, 6) is -0.334. The topological polar surface area (TPSA) is 75.3 Å². The maximum absolute atomic E-state index is 11.9. The summed E-state index contributed by atoms with van der Waals surface area (Å²) in [5.41, 5.74) is 1.55. The highest BCUT2D eigenvalue weighted by molar-refractivity contribution is 5.95. The van der Waals surface area contributed by atoms with Gasteiger partial charge in [-0.05, 0) is 25.5 Å². The molecule has 1 aromatic rings. The van der Waals surface area contributed by atoms with Gasteiger partial charge in [0.15, 0.2) is 0 Å². The molecule has 5 nitrogen and oxygen atoms in total. The first kappa shape index (κ1) is 15.9. The lowest BCUT2D eigenvalue weighted by Gasteiger charge is -2.08. The highest BCUT2D eigenvalue weighted by Gasteiger charge is 2.07. The number of hydrogen-bond acceptors (Lipinski definition) is 3.